The van der Waals surface area contributed by atoms with Crippen LogP contribution in [0.4, 0.5) is 0 Å². The lowest BCUT2D eigenvalue weighted by atomic mass is 10.0. The van der Waals surface area contributed by atoms with E-state index in [2.05, 4.69) is 10.2 Å². The zero-order chi connectivity index (χ0) is 15.0. The van der Waals surface area contributed by atoms with Crippen LogP contribution in [0.15, 0.2) is 0 Å². The van der Waals surface area contributed by atoms with E-state index >= 15 is 0 Å². The van der Waals surface area contributed by atoms with E-state index in [4.69, 9.17) is 10.5 Å². The highest BCUT2D eigenvalue weighted by atomic mass is 16.5. The molecule has 2 amide bonds. The summed E-state index contributed by atoms with van der Waals surface area (Å²) in [6.07, 6.45) is 1.79. The number of amides is 2. The van der Waals surface area contributed by atoms with E-state index < -0.39 is 0 Å². The van der Waals surface area contributed by atoms with Crippen molar-refractivity contribution in [3.63, 3.8) is 0 Å². The first kappa shape index (κ1) is 16.9. The molecule has 6 nitrogen and oxygen atoms in total. The molecule has 1 fully saturated rings. The van der Waals surface area contributed by atoms with Crippen molar-refractivity contribution in [1.29, 1.82) is 0 Å². The number of ether oxygens (including phenoxy) is 1. The average molecular weight is 285 g/mol. The standard InChI is InChI=1S/C14H27N3O3/c1-11(14(15)19)3-4-13(18)16-12(2)5-6-17-7-9-20-10-8-17/h11-12H,3-10H2,1-2H3,(H2,15,19)(H,16,18)/t11?,12-/m0/s1. The van der Waals surface area contributed by atoms with Crippen molar-refractivity contribution in [2.75, 3.05) is 32.8 Å². The second-order valence-corrected chi connectivity index (χ2v) is 5.55. The fraction of sp³-hybridized carbons (Fsp3) is 0.857. The highest BCUT2D eigenvalue weighted by molar-refractivity contribution is 5.79. The summed E-state index contributed by atoms with van der Waals surface area (Å²) in [5.41, 5.74) is 5.17. The number of primary amides is 1. The Labute approximate surface area is 121 Å². The first-order valence-corrected chi connectivity index (χ1v) is 7.38. The fourth-order valence-corrected chi connectivity index (χ4v) is 2.11. The summed E-state index contributed by atoms with van der Waals surface area (Å²) in [5.74, 6) is -0.602. The summed E-state index contributed by atoms with van der Waals surface area (Å²) in [6.45, 7) is 8.26. The molecule has 6 heteroatoms. The van der Waals surface area contributed by atoms with E-state index in [1.165, 1.54) is 0 Å². The van der Waals surface area contributed by atoms with Gasteiger partial charge in [0.2, 0.25) is 11.8 Å². The Hall–Kier alpha value is -1.14. The molecule has 1 aliphatic heterocycles. The molecule has 1 heterocycles. The molecule has 0 aromatic heterocycles. The van der Waals surface area contributed by atoms with Crippen molar-refractivity contribution in [3.8, 4) is 0 Å². The third kappa shape index (κ3) is 6.86. The number of nitrogens with one attached hydrogen (secondary N) is 1. The second-order valence-electron chi connectivity index (χ2n) is 5.55. The van der Waals surface area contributed by atoms with Gasteiger partial charge in [-0.3, -0.25) is 14.5 Å². The molecule has 0 aromatic carbocycles. The largest absolute Gasteiger partial charge is 0.379 e. The molecule has 0 radical (unpaired) electrons. The molecule has 0 bridgehead atoms. The number of nitrogens with two attached hydrogens (primary N) is 1. The zero-order valence-electron chi connectivity index (χ0n) is 12.6. The predicted octanol–water partition coefficient (Wildman–Crippen LogP) is 0.115. The van der Waals surface area contributed by atoms with Gasteiger partial charge in [0, 0.05) is 38.0 Å². The normalized spacial score (nSPS) is 19.3. The van der Waals surface area contributed by atoms with Gasteiger partial charge >= 0.3 is 0 Å². The van der Waals surface area contributed by atoms with Gasteiger partial charge in [0.05, 0.1) is 13.2 Å². The lowest BCUT2D eigenvalue weighted by molar-refractivity contribution is -0.123. The summed E-state index contributed by atoms with van der Waals surface area (Å²) in [4.78, 5) is 25.0. The first-order chi connectivity index (χ1) is 9.49. The fourth-order valence-electron chi connectivity index (χ4n) is 2.11. The number of rotatable bonds is 8. The van der Waals surface area contributed by atoms with Gasteiger partial charge in [0.15, 0.2) is 0 Å². The minimum absolute atomic E-state index is 0.00687. The van der Waals surface area contributed by atoms with Crippen molar-refractivity contribution in [2.45, 2.75) is 39.2 Å². The first-order valence-electron chi connectivity index (χ1n) is 7.38. The van der Waals surface area contributed by atoms with Crippen LogP contribution in [0.1, 0.15) is 33.1 Å². The lowest BCUT2D eigenvalue weighted by Crippen LogP contribution is -2.40. The maximum Gasteiger partial charge on any atom is 0.220 e. The van der Waals surface area contributed by atoms with Crippen LogP contribution < -0.4 is 11.1 Å². The highest BCUT2D eigenvalue weighted by Crippen LogP contribution is 2.05. The van der Waals surface area contributed by atoms with Crippen LogP contribution >= 0.6 is 0 Å². The maximum atomic E-state index is 11.7. The van der Waals surface area contributed by atoms with E-state index in [9.17, 15) is 9.59 Å². The van der Waals surface area contributed by atoms with Gasteiger partial charge in [0.1, 0.15) is 0 Å². The van der Waals surface area contributed by atoms with Crippen LogP contribution in [0.3, 0.4) is 0 Å². The third-order valence-electron chi connectivity index (χ3n) is 3.68. The smallest absolute Gasteiger partial charge is 0.220 e. The molecule has 2 atom stereocenters. The maximum absolute atomic E-state index is 11.7. The second kappa shape index (κ2) is 8.92. The van der Waals surface area contributed by atoms with E-state index in [-0.39, 0.29) is 23.8 Å². The van der Waals surface area contributed by atoms with E-state index in [0.717, 1.165) is 39.3 Å². The monoisotopic (exact) mass is 285 g/mol. The number of nitrogens with zero attached hydrogens (tertiary/aromatic N) is 1. The molecule has 1 rings (SSSR count). The van der Waals surface area contributed by atoms with Crippen LogP contribution in [0.25, 0.3) is 0 Å². The van der Waals surface area contributed by atoms with Crippen molar-refractivity contribution < 1.29 is 14.3 Å². The molecule has 0 spiro atoms. The Balaban J connectivity index is 2.12. The quantitative estimate of drug-likeness (QED) is 0.663. The van der Waals surface area contributed by atoms with Crippen LogP contribution in [0, 0.1) is 5.92 Å². The molecule has 1 unspecified atom stereocenters. The minimum atomic E-state index is -0.349. The number of hydrogen-bond acceptors (Lipinski definition) is 4. The van der Waals surface area contributed by atoms with Gasteiger partial charge in [-0.15, -0.1) is 0 Å². The van der Waals surface area contributed by atoms with Gasteiger partial charge in [0.25, 0.3) is 0 Å². The highest BCUT2D eigenvalue weighted by Gasteiger charge is 2.14. The number of carbonyl (C=O) groups excluding carboxylic acids is 2. The number of hydrogen-bond donors (Lipinski definition) is 2. The zero-order valence-corrected chi connectivity index (χ0v) is 12.6. The molecule has 0 aromatic rings. The Kier molecular flexibility index (Phi) is 7.54. The van der Waals surface area contributed by atoms with Gasteiger partial charge in [-0.25, -0.2) is 0 Å². The summed E-state index contributed by atoms with van der Waals surface area (Å²) in [6, 6.07) is 0.147. The molecule has 20 heavy (non-hydrogen) atoms. The predicted molar refractivity (Wildman–Crippen MR) is 77.1 cm³/mol. The summed E-state index contributed by atoms with van der Waals surface area (Å²) in [5, 5.41) is 2.96. The van der Waals surface area contributed by atoms with Crippen LogP contribution in [-0.4, -0.2) is 55.6 Å². The van der Waals surface area contributed by atoms with Crippen molar-refractivity contribution >= 4 is 11.8 Å². The topological polar surface area (TPSA) is 84.7 Å². The Bertz CT molecular complexity index is 317. The summed E-state index contributed by atoms with van der Waals surface area (Å²) < 4.78 is 5.30. The third-order valence-corrected chi connectivity index (χ3v) is 3.68. The van der Waals surface area contributed by atoms with Gasteiger partial charge in [-0.1, -0.05) is 6.92 Å². The van der Waals surface area contributed by atoms with E-state index in [0.29, 0.717) is 12.8 Å². The summed E-state index contributed by atoms with van der Waals surface area (Å²) in [7, 11) is 0. The van der Waals surface area contributed by atoms with Crippen molar-refractivity contribution in [3.05, 3.63) is 0 Å². The van der Waals surface area contributed by atoms with E-state index in [1.807, 2.05) is 6.92 Å². The van der Waals surface area contributed by atoms with Crippen LogP contribution in [0.5, 0.6) is 0 Å². The average Bonchev–Trinajstić information content (AvgIpc) is 2.43. The van der Waals surface area contributed by atoms with Crippen LogP contribution in [0.2, 0.25) is 0 Å². The molecular formula is C14H27N3O3. The SMILES string of the molecule is CC(CCC(=O)N[C@@H](C)CCN1CCOCC1)C(N)=O. The van der Waals surface area contributed by atoms with E-state index in [1.54, 1.807) is 6.92 Å². The van der Waals surface area contributed by atoms with Gasteiger partial charge in [-0.05, 0) is 19.8 Å². The molecule has 116 valence electrons. The molecule has 0 saturated carbocycles. The molecule has 1 aliphatic rings. The Morgan fingerprint density at radius 2 is 1.90 bits per heavy atom. The summed E-state index contributed by atoms with van der Waals surface area (Å²) >= 11 is 0. The number of morpholine rings is 1. The molecule has 1 saturated heterocycles. The Morgan fingerprint density at radius 1 is 1.25 bits per heavy atom. The number of carbonyl (C=O) groups is 2. The van der Waals surface area contributed by atoms with Crippen LogP contribution in [-0.2, 0) is 14.3 Å². The van der Waals surface area contributed by atoms with Gasteiger partial charge in [-0.2, -0.15) is 0 Å². The molecule has 0 aliphatic carbocycles. The van der Waals surface area contributed by atoms with Crippen molar-refractivity contribution in [1.82, 2.24) is 10.2 Å². The van der Waals surface area contributed by atoms with Crippen molar-refractivity contribution in [2.24, 2.45) is 11.7 Å². The lowest BCUT2D eigenvalue weighted by Gasteiger charge is -2.27. The Morgan fingerprint density at radius 3 is 2.50 bits per heavy atom. The molecular weight excluding hydrogens is 258 g/mol. The molecule has 3 N–H and O–H groups in total. The minimum Gasteiger partial charge on any atom is -0.379 e. The van der Waals surface area contributed by atoms with Gasteiger partial charge < -0.3 is 15.8 Å².